The van der Waals surface area contributed by atoms with Crippen LogP contribution in [0.3, 0.4) is 0 Å². The molecule has 0 saturated heterocycles. The average Bonchev–Trinajstić information content (AvgIpc) is 2.48. The van der Waals surface area contributed by atoms with Crippen molar-refractivity contribution in [3.63, 3.8) is 0 Å². The molecular weight excluding hydrogens is 276 g/mol. The molecule has 0 N–H and O–H groups in total. The molecule has 0 amide bonds. The van der Waals surface area contributed by atoms with Gasteiger partial charge in [-0.15, -0.1) is 0 Å². The van der Waals surface area contributed by atoms with Crippen molar-refractivity contribution in [3.05, 3.63) is 29.5 Å². The molecule has 0 fully saturated rings. The van der Waals surface area contributed by atoms with Gasteiger partial charge >= 0.3 is 0 Å². The smallest absolute Gasteiger partial charge is 0.230 e. The second-order valence-corrected chi connectivity index (χ2v) is 4.47. The van der Waals surface area contributed by atoms with Gasteiger partial charge in [-0.3, -0.25) is 0 Å². The lowest BCUT2D eigenvalue weighted by Gasteiger charge is -2.18. The molecule has 1 heterocycles. The lowest BCUT2D eigenvalue weighted by Crippen LogP contribution is -2.24. The highest BCUT2D eigenvalue weighted by molar-refractivity contribution is 6.28. The molecule has 1 aromatic heterocycles. The maximum absolute atomic E-state index is 6.01. The van der Waals surface area contributed by atoms with E-state index in [-0.39, 0.29) is 5.28 Å². The Hall–Kier alpha value is -1.88. The van der Waals surface area contributed by atoms with Crippen LogP contribution in [-0.4, -0.2) is 35.2 Å². The highest BCUT2D eigenvalue weighted by Gasteiger charge is 2.11. The summed E-state index contributed by atoms with van der Waals surface area (Å²) in [5.41, 5.74) is 0.849. The molecule has 0 spiro atoms. The first-order valence-corrected chi connectivity index (χ1v) is 6.86. The van der Waals surface area contributed by atoms with E-state index in [1.165, 1.54) is 0 Å². The second kappa shape index (κ2) is 6.52. The number of benzene rings is 1. The Bertz CT molecular complexity index is 587. The van der Waals surface area contributed by atoms with Crippen LogP contribution in [0.2, 0.25) is 5.28 Å². The van der Waals surface area contributed by atoms with Crippen molar-refractivity contribution in [2.45, 2.75) is 13.8 Å². The van der Waals surface area contributed by atoms with Crippen molar-refractivity contribution in [1.82, 2.24) is 15.0 Å². The predicted octanol–water partition coefficient (Wildman–Crippen LogP) is 3.05. The van der Waals surface area contributed by atoms with E-state index in [9.17, 15) is 0 Å². The molecular formula is C14H17ClN4O. The molecule has 2 aromatic rings. The molecule has 5 nitrogen and oxygen atoms in total. The van der Waals surface area contributed by atoms with E-state index >= 15 is 0 Å². The third-order valence-electron chi connectivity index (χ3n) is 2.97. The normalized spacial score (nSPS) is 10.4. The summed E-state index contributed by atoms with van der Waals surface area (Å²) >= 11 is 6.01. The third kappa shape index (κ3) is 3.17. The highest BCUT2D eigenvalue weighted by Crippen LogP contribution is 2.23. The van der Waals surface area contributed by atoms with Crippen molar-refractivity contribution in [3.8, 4) is 17.1 Å². The summed E-state index contributed by atoms with van der Waals surface area (Å²) in [7, 11) is 1.63. The SMILES string of the molecule is CCN(CC)c1nc(Cl)nc(-c2cccc(OC)c2)n1. The summed E-state index contributed by atoms with van der Waals surface area (Å²) in [6, 6.07) is 7.55. The Morgan fingerprint density at radius 3 is 2.55 bits per heavy atom. The van der Waals surface area contributed by atoms with Crippen molar-refractivity contribution >= 4 is 17.5 Å². The summed E-state index contributed by atoms with van der Waals surface area (Å²) in [4.78, 5) is 14.9. The average molecular weight is 293 g/mol. The number of methoxy groups -OCH3 is 1. The number of hydrogen-bond acceptors (Lipinski definition) is 5. The summed E-state index contributed by atoms with van der Waals surface area (Å²) in [5.74, 6) is 1.89. The fourth-order valence-corrected chi connectivity index (χ4v) is 2.03. The van der Waals surface area contributed by atoms with E-state index in [1.54, 1.807) is 7.11 Å². The van der Waals surface area contributed by atoms with E-state index in [0.717, 1.165) is 24.4 Å². The molecule has 0 aliphatic heterocycles. The fourth-order valence-electron chi connectivity index (χ4n) is 1.88. The zero-order valence-electron chi connectivity index (χ0n) is 11.8. The van der Waals surface area contributed by atoms with E-state index in [0.29, 0.717) is 11.8 Å². The second-order valence-electron chi connectivity index (χ2n) is 4.13. The number of anilines is 1. The molecule has 0 saturated carbocycles. The first-order chi connectivity index (χ1) is 9.67. The van der Waals surface area contributed by atoms with Gasteiger partial charge in [0, 0.05) is 18.7 Å². The standard InChI is InChI=1S/C14H17ClN4O/c1-4-19(5-2)14-17-12(16-13(15)18-14)10-7-6-8-11(9-10)20-3/h6-9H,4-5H2,1-3H3. The monoisotopic (exact) mass is 292 g/mol. The number of aromatic nitrogens is 3. The van der Waals surface area contributed by atoms with Crippen LogP contribution < -0.4 is 9.64 Å². The zero-order valence-corrected chi connectivity index (χ0v) is 12.6. The Kier molecular flexibility index (Phi) is 4.74. The van der Waals surface area contributed by atoms with Gasteiger partial charge in [0.2, 0.25) is 11.2 Å². The van der Waals surface area contributed by atoms with E-state index in [1.807, 2.05) is 43.0 Å². The van der Waals surface area contributed by atoms with Crippen LogP contribution in [-0.2, 0) is 0 Å². The van der Waals surface area contributed by atoms with Crippen molar-refractivity contribution in [2.24, 2.45) is 0 Å². The largest absolute Gasteiger partial charge is 0.497 e. The Morgan fingerprint density at radius 2 is 1.90 bits per heavy atom. The number of hydrogen-bond donors (Lipinski definition) is 0. The number of ether oxygens (including phenoxy) is 1. The molecule has 0 radical (unpaired) electrons. The summed E-state index contributed by atoms with van der Waals surface area (Å²) in [6.07, 6.45) is 0. The van der Waals surface area contributed by atoms with Crippen LogP contribution in [0.4, 0.5) is 5.95 Å². The predicted molar refractivity (Wildman–Crippen MR) is 80.4 cm³/mol. The minimum Gasteiger partial charge on any atom is -0.497 e. The van der Waals surface area contributed by atoms with Gasteiger partial charge in [0.15, 0.2) is 5.82 Å². The van der Waals surface area contributed by atoms with Crippen LogP contribution in [0.5, 0.6) is 5.75 Å². The molecule has 20 heavy (non-hydrogen) atoms. The fraction of sp³-hybridized carbons (Fsp3) is 0.357. The van der Waals surface area contributed by atoms with Crippen molar-refractivity contribution in [1.29, 1.82) is 0 Å². The van der Waals surface area contributed by atoms with Crippen LogP contribution in [0.15, 0.2) is 24.3 Å². The van der Waals surface area contributed by atoms with Gasteiger partial charge in [0.05, 0.1) is 7.11 Å². The minimum absolute atomic E-state index is 0.194. The molecule has 0 unspecified atom stereocenters. The van der Waals surface area contributed by atoms with Crippen LogP contribution in [0, 0.1) is 0 Å². The van der Waals surface area contributed by atoms with Gasteiger partial charge in [-0.1, -0.05) is 12.1 Å². The van der Waals surface area contributed by atoms with E-state index < -0.39 is 0 Å². The summed E-state index contributed by atoms with van der Waals surface area (Å²) in [6.45, 7) is 5.72. The van der Waals surface area contributed by atoms with Gasteiger partial charge in [-0.25, -0.2) is 0 Å². The summed E-state index contributed by atoms with van der Waals surface area (Å²) in [5, 5.41) is 0.194. The zero-order chi connectivity index (χ0) is 14.5. The Labute approximate surface area is 123 Å². The quantitative estimate of drug-likeness (QED) is 0.848. The number of nitrogens with zero attached hydrogens (tertiary/aromatic N) is 4. The molecule has 0 bridgehead atoms. The number of rotatable bonds is 5. The number of halogens is 1. The third-order valence-corrected chi connectivity index (χ3v) is 3.14. The molecule has 0 atom stereocenters. The Balaban J connectivity index is 2.45. The van der Waals surface area contributed by atoms with Crippen LogP contribution in [0.1, 0.15) is 13.8 Å². The lowest BCUT2D eigenvalue weighted by atomic mass is 10.2. The van der Waals surface area contributed by atoms with Gasteiger partial charge in [0.25, 0.3) is 0 Å². The van der Waals surface area contributed by atoms with Crippen LogP contribution >= 0.6 is 11.6 Å². The highest BCUT2D eigenvalue weighted by atomic mass is 35.5. The topological polar surface area (TPSA) is 51.1 Å². The maximum Gasteiger partial charge on any atom is 0.230 e. The molecule has 6 heteroatoms. The maximum atomic E-state index is 6.01. The van der Waals surface area contributed by atoms with Crippen molar-refractivity contribution < 1.29 is 4.74 Å². The van der Waals surface area contributed by atoms with E-state index in [2.05, 4.69) is 15.0 Å². The molecule has 2 rings (SSSR count). The van der Waals surface area contributed by atoms with Gasteiger partial charge in [0.1, 0.15) is 5.75 Å². The lowest BCUT2D eigenvalue weighted by molar-refractivity contribution is 0.415. The molecule has 106 valence electrons. The molecule has 0 aliphatic rings. The molecule has 0 aliphatic carbocycles. The first-order valence-electron chi connectivity index (χ1n) is 6.48. The Morgan fingerprint density at radius 1 is 1.15 bits per heavy atom. The van der Waals surface area contributed by atoms with Gasteiger partial charge in [-0.2, -0.15) is 15.0 Å². The van der Waals surface area contributed by atoms with Gasteiger partial charge < -0.3 is 9.64 Å². The van der Waals surface area contributed by atoms with Crippen LogP contribution in [0.25, 0.3) is 11.4 Å². The van der Waals surface area contributed by atoms with Gasteiger partial charge in [-0.05, 0) is 37.6 Å². The first kappa shape index (κ1) is 14.5. The van der Waals surface area contributed by atoms with Crippen molar-refractivity contribution in [2.75, 3.05) is 25.1 Å². The summed E-state index contributed by atoms with van der Waals surface area (Å²) < 4.78 is 5.21. The van der Waals surface area contributed by atoms with E-state index in [4.69, 9.17) is 16.3 Å². The minimum atomic E-state index is 0.194. The molecule has 1 aromatic carbocycles.